The second kappa shape index (κ2) is 5.64. The van der Waals surface area contributed by atoms with E-state index in [0.717, 1.165) is 12.8 Å². The van der Waals surface area contributed by atoms with Crippen LogP contribution < -0.4 is 0 Å². The molecule has 16 heavy (non-hydrogen) atoms. The highest BCUT2D eigenvalue weighted by Crippen LogP contribution is 2.28. The van der Waals surface area contributed by atoms with Crippen LogP contribution >= 0.6 is 0 Å². The number of ether oxygens (including phenoxy) is 1. The summed E-state index contributed by atoms with van der Waals surface area (Å²) < 4.78 is 5.32. The number of amides is 1. The van der Waals surface area contributed by atoms with Gasteiger partial charge in [-0.1, -0.05) is 6.92 Å². The minimum Gasteiger partial charge on any atom is -0.395 e. The fourth-order valence-electron chi connectivity index (χ4n) is 1.94. The molecule has 0 aromatic rings. The Hall–Kier alpha value is -0.610. The van der Waals surface area contributed by atoms with Gasteiger partial charge in [-0.25, -0.2) is 0 Å². The average Bonchev–Trinajstić information content (AvgIpc) is 2.24. The Bertz CT molecular complexity index is 234. The highest BCUT2D eigenvalue weighted by Gasteiger charge is 2.39. The third-order valence-electron chi connectivity index (χ3n) is 3.69. The Balaban J connectivity index is 2.72. The van der Waals surface area contributed by atoms with Gasteiger partial charge in [0.05, 0.1) is 6.61 Å². The van der Waals surface area contributed by atoms with Gasteiger partial charge < -0.3 is 14.7 Å². The molecular weight excluding hydrogens is 206 g/mol. The van der Waals surface area contributed by atoms with Gasteiger partial charge in [0.1, 0.15) is 5.60 Å². The van der Waals surface area contributed by atoms with Crippen molar-refractivity contribution in [2.45, 2.75) is 51.2 Å². The molecule has 1 aliphatic rings. The summed E-state index contributed by atoms with van der Waals surface area (Å²) in [5.41, 5.74) is -0.745. The van der Waals surface area contributed by atoms with E-state index in [4.69, 9.17) is 9.84 Å². The fraction of sp³-hybridized carbons (Fsp3) is 0.917. The number of nitrogens with zero attached hydrogens (tertiary/aromatic N) is 1. The maximum Gasteiger partial charge on any atom is 0.254 e. The van der Waals surface area contributed by atoms with Crippen LogP contribution in [0.3, 0.4) is 0 Å². The van der Waals surface area contributed by atoms with Gasteiger partial charge >= 0.3 is 0 Å². The zero-order valence-electron chi connectivity index (χ0n) is 10.5. The number of hydrogen-bond donors (Lipinski definition) is 1. The van der Waals surface area contributed by atoms with Gasteiger partial charge in [-0.2, -0.15) is 0 Å². The minimum atomic E-state index is -0.745. The van der Waals surface area contributed by atoms with Crippen LogP contribution in [0.15, 0.2) is 0 Å². The van der Waals surface area contributed by atoms with Gasteiger partial charge in [0.15, 0.2) is 0 Å². The lowest BCUT2D eigenvalue weighted by molar-refractivity contribution is -0.158. The van der Waals surface area contributed by atoms with E-state index in [1.165, 1.54) is 6.42 Å². The molecule has 1 atom stereocenters. The lowest BCUT2D eigenvalue weighted by atomic mass is 9.89. The summed E-state index contributed by atoms with van der Waals surface area (Å²) in [7, 11) is 1.57. The highest BCUT2D eigenvalue weighted by molar-refractivity contribution is 5.85. The van der Waals surface area contributed by atoms with Crippen molar-refractivity contribution in [1.82, 2.24) is 4.90 Å². The SMILES string of the molecule is CCC(C)(OC)C(=O)N(CCO)C1CCC1. The fourth-order valence-corrected chi connectivity index (χ4v) is 1.94. The van der Waals surface area contributed by atoms with Crippen molar-refractivity contribution < 1.29 is 14.6 Å². The van der Waals surface area contributed by atoms with E-state index in [9.17, 15) is 4.79 Å². The molecule has 0 aromatic heterocycles. The third kappa shape index (κ3) is 2.55. The molecule has 1 amide bonds. The maximum atomic E-state index is 12.3. The van der Waals surface area contributed by atoms with Crippen LogP contribution in [0.2, 0.25) is 0 Å². The van der Waals surface area contributed by atoms with E-state index in [-0.39, 0.29) is 12.5 Å². The number of aliphatic hydroxyl groups excluding tert-OH is 1. The maximum absolute atomic E-state index is 12.3. The monoisotopic (exact) mass is 229 g/mol. The van der Waals surface area contributed by atoms with Gasteiger partial charge in [-0.3, -0.25) is 4.79 Å². The van der Waals surface area contributed by atoms with Crippen molar-refractivity contribution in [3.8, 4) is 0 Å². The molecule has 1 saturated carbocycles. The van der Waals surface area contributed by atoms with E-state index in [0.29, 0.717) is 19.0 Å². The quantitative estimate of drug-likeness (QED) is 0.744. The molecule has 1 fully saturated rings. The Morgan fingerprint density at radius 2 is 2.19 bits per heavy atom. The molecule has 1 rings (SSSR count). The summed E-state index contributed by atoms with van der Waals surface area (Å²) in [6.07, 6.45) is 3.93. The van der Waals surface area contributed by atoms with Crippen molar-refractivity contribution in [2.24, 2.45) is 0 Å². The second-order valence-corrected chi connectivity index (χ2v) is 4.60. The van der Waals surface area contributed by atoms with Crippen LogP contribution in [0.1, 0.15) is 39.5 Å². The topological polar surface area (TPSA) is 49.8 Å². The summed E-state index contributed by atoms with van der Waals surface area (Å²) in [5.74, 6) is 0.0104. The number of hydrogen-bond acceptors (Lipinski definition) is 3. The predicted octanol–water partition coefficient (Wildman–Crippen LogP) is 1.17. The van der Waals surface area contributed by atoms with Crippen LogP contribution in [-0.4, -0.2) is 47.8 Å². The molecule has 0 radical (unpaired) electrons. The molecule has 4 heteroatoms. The van der Waals surface area contributed by atoms with E-state index < -0.39 is 5.60 Å². The second-order valence-electron chi connectivity index (χ2n) is 4.60. The Morgan fingerprint density at radius 3 is 2.50 bits per heavy atom. The molecule has 0 aliphatic heterocycles. The molecule has 0 bridgehead atoms. The van der Waals surface area contributed by atoms with Crippen molar-refractivity contribution in [3.63, 3.8) is 0 Å². The average molecular weight is 229 g/mol. The molecular formula is C12H23NO3. The standard InChI is InChI=1S/C12H23NO3/c1-4-12(2,16-3)11(15)13(8-9-14)10-6-5-7-10/h10,14H,4-9H2,1-3H3. The van der Waals surface area contributed by atoms with E-state index >= 15 is 0 Å². The molecule has 1 aliphatic carbocycles. The summed E-state index contributed by atoms with van der Waals surface area (Å²) >= 11 is 0. The Labute approximate surface area is 97.6 Å². The van der Waals surface area contributed by atoms with Crippen LogP contribution in [0.25, 0.3) is 0 Å². The molecule has 4 nitrogen and oxygen atoms in total. The molecule has 0 saturated heterocycles. The molecule has 1 unspecified atom stereocenters. The Morgan fingerprint density at radius 1 is 1.56 bits per heavy atom. The number of rotatable bonds is 6. The van der Waals surface area contributed by atoms with Crippen LogP contribution in [0.5, 0.6) is 0 Å². The zero-order valence-corrected chi connectivity index (χ0v) is 10.5. The first-order valence-electron chi connectivity index (χ1n) is 6.06. The van der Waals surface area contributed by atoms with Gasteiger partial charge in [0.2, 0.25) is 0 Å². The Kier molecular flexibility index (Phi) is 4.74. The van der Waals surface area contributed by atoms with Gasteiger partial charge in [-0.05, 0) is 32.6 Å². The lowest BCUT2D eigenvalue weighted by Gasteiger charge is -2.41. The van der Waals surface area contributed by atoms with Crippen molar-refractivity contribution >= 4 is 5.91 Å². The first-order chi connectivity index (χ1) is 7.59. The van der Waals surface area contributed by atoms with E-state index in [2.05, 4.69) is 0 Å². The van der Waals surface area contributed by atoms with Gasteiger partial charge in [0.25, 0.3) is 5.91 Å². The van der Waals surface area contributed by atoms with Crippen LogP contribution in [-0.2, 0) is 9.53 Å². The number of methoxy groups -OCH3 is 1. The molecule has 0 spiro atoms. The van der Waals surface area contributed by atoms with Gasteiger partial charge in [-0.15, -0.1) is 0 Å². The number of carbonyl (C=O) groups is 1. The number of aliphatic hydroxyl groups is 1. The summed E-state index contributed by atoms with van der Waals surface area (Å²) in [6.45, 7) is 4.20. The first kappa shape index (κ1) is 13.5. The molecule has 0 aromatic carbocycles. The largest absolute Gasteiger partial charge is 0.395 e. The first-order valence-corrected chi connectivity index (χ1v) is 6.06. The molecule has 0 heterocycles. The van der Waals surface area contributed by atoms with Gasteiger partial charge in [0, 0.05) is 19.7 Å². The van der Waals surface area contributed by atoms with Crippen molar-refractivity contribution in [2.75, 3.05) is 20.3 Å². The summed E-state index contributed by atoms with van der Waals surface area (Å²) in [5, 5.41) is 9.03. The minimum absolute atomic E-state index is 0.0104. The van der Waals surface area contributed by atoms with Crippen LogP contribution in [0, 0.1) is 0 Å². The summed E-state index contributed by atoms with van der Waals surface area (Å²) in [4.78, 5) is 14.1. The molecule has 94 valence electrons. The zero-order chi connectivity index (χ0) is 12.2. The van der Waals surface area contributed by atoms with Crippen molar-refractivity contribution in [1.29, 1.82) is 0 Å². The molecule has 1 N–H and O–H groups in total. The van der Waals surface area contributed by atoms with E-state index in [1.54, 1.807) is 12.0 Å². The normalized spacial score (nSPS) is 20.0. The summed E-state index contributed by atoms with van der Waals surface area (Å²) in [6, 6.07) is 0.306. The number of carbonyl (C=O) groups excluding carboxylic acids is 1. The predicted molar refractivity (Wildman–Crippen MR) is 62.1 cm³/mol. The van der Waals surface area contributed by atoms with E-state index in [1.807, 2.05) is 13.8 Å². The van der Waals surface area contributed by atoms with Crippen molar-refractivity contribution in [3.05, 3.63) is 0 Å². The highest BCUT2D eigenvalue weighted by atomic mass is 16.5. The van der Waals surface area contributed by atoms with Crippen LogP contribution in [0.4, 0.5) is 0 Å². The smallest absolute Gasteiger partial charge is 0.254 e. The lowest BCUT2D eigenvalue weighted by Crippen LogP contribution is -2.54. The third-order valence-corrected chi connectivity index (χ3v) is 3.69.